The van der Waals surface area contributed by atoms with Gasteiger partial charge in [0, 0.05) is 19.3 Å². The number of carboxylic acids is 1. The monoisotopic (exact) mass is 280 g/mol. The largest absolute Gasteiger partial charge is 0.480 e. The molecular weight excluding hydrogens is 264 g/mol. The van der Waals surface area contributed by atoms with Crippen LogP contribution in [0.4, 0.5) is 0 Å². The number of hydrogen-bond acceptors (Lipinski definition) is 4. The zero-order chi connectivity index (χ0) is 15.0. The van der Waals surface area contributed by atoms with E-state index >= 15 is 0 Å². The van der Waals surface area contributed by atoms with Crippen molar-refractivity contribution in [1.82, 2.24) is 20.0 Å². The van der Waals surface area contributed by atoms with Crippen LogP contribution >= 0.6 is 0 Å². The second-order valence-corrected chi connectivity index (χ2v) is 4.76. The maximum atomic E-state index is 12.5. The number of piperazine rings is 1. The van der Waals surface area contributed by atoms with Crippen LogP contribution in [-0.2, 0) is 16.6 Å². The Kier molecular flexibility index (Phi) is 3.47. The summed E-state index contributed by atoms with van der Waals surface area (Å²) < 4.78 is 1.56. The van der Waals surface area contributed by atoms with Crippen LogP contribution in [0.25, 0.3) is 0 Å². The van der Waals surface area contributed by atoms with Crippen molar-refractivity contribution in [2.75, 3.05) is 13.1 Å². The number of rotatable bonds is 2. The molecule has 1 aliphatic heterocycles. The molecule has 0 bridgehead atoms. The second kappa shape index (κ2) is 4.95. The topological polar surface area (TPSA) is 105 Å². The van der Waals surface area contributed by atoms with E-state index in [4.69, 9.17) is 5.11 Å². The summed E-state index contributed by atoms with van der Waals surface area (Å²) in [6.45, 7) is 3.06. The number of hydrogen-bond donors (Lipinski definition) is 2. The van der Waals surface area contributed by atoms with Gasteiger partial charge in [-0.3, -0.25) is 14.3 Å². The first-order valence-corrected chi connectivity index (χ1v) is 6.13. The number of aromatic nitrogens is 2. The third-order valence-corrected chi connectivity index (χ3v) is 3.45. The predicted molar refractivity (Wildman–Crippen MR) is 68.2 cm³/mol. The number of nitrogens with zero attached hydrogens (tertiary/aromatic N) is 3. The van der Waals surface area contributed by atoms with E-state index in [9.17, 15) is 14.4 Å². The van der Waals surface area contributed by atoms with Gasteiger partial charge in [0.2, 0.25) is 5.91 Å². The van der Waals surface area contributed by atoms with E-state index in [-0.39, 0.29) is 19.0 Å². The quantitative estimate of drug-likeness (QED) is 0.727. The lowest BCUT2D eigenvalue weighted by molar-refractivity contribution is -0.144. The van der Waals surface area contributed by atoms with Crippen LogP contribution in [0.15, 0.2) is 0 Å². The Morgan fingerprint density at radius 2 is 2.05 bits per heavy atom. The van der Waals surface area contributed by atoms with Gasteiger partial charge in [-0.2, -0.15) is 5.10 Å². The van der Waals surface area contributed by atoms with Crippen molar-refractivity contribution in [3.63, 3.8) is 0 Å². The number of carbonyl (C=O) groups is 3. The fraction of sp³-hybridized carbons (Fsp3) is 0.500. The summed E-state index contributed by atoms with van der Waals surface area (Å²) in [6.07, 6.45) is 0. The van der Waals surface area contributed by atoms with Crippen molar-refractivity contribution in [2.24, 2.45) is 7.05 Å². The molecule has 20 heavy (non-hydrogen) atoms. The molecule has 1 aromatic rings. The molecule has 0 spiro atoms. The number of carboxylic acid groups (broad SMARTS) is 1. The fourth-order valence-electron chi connectivity index (χ4n) is 2.30. The molecule has 1 unspecified atom stereocenters. The number of aryl methyl sites for hydroxylation is 2. The minimum atomic E-state index is -1.14. The molecule has 2 heterocycles. The molecule has 0 aliphatic carbocycles. The van der Waals surface area contributed by atoms with Gasteiger partial charge in [-0.1, -0.05) is 0 Å². The van der Waals surface area contributed by atoms with Gasteiger partial charge in [-0.15, -0.1) is 0 Å². The Bertz CT molecular complexity index is 593. The maximum Gasteiger partial charge on any atom is 0.328 e. The normalized spacial score (nSPS) is 18.9. The van der Waals surface area contributed by atoms with Gasteiger partial charge in [0.15, 0.2) is 0 Å². The van der Waals surface area contributed by atoms with Gasteiger partial charge in [-0.25, -0.2) is 4.79 Å². The standard InChI is InChI=1S/C12H16N4O4/c1-6-10(7(2)15(3)14-6)11(18)16-5-9(17)13-4-8(16)12(19)20/h8H,4-5H2,1-3H3,(H,13,17)(H,19,20). The van der Waals surface area contributed by atoms with E-state index in [1.807, 2.05) is 0 Å². The summed E-state index contributed by atoms with van der Waals surface area (Å²) in [7, 11) is 1.71. The highest BCUT2D eigenvalue weighted by atomic mass is 16.4. The van der Waals surface area contributed by atoms with Gasteiger partial charge in [0.05, 0.1) is 11.3 Å². The first-order valence-electron chi connectivity index (χ1n) is 6.13. The summed E-state index contributed by atoms with van der Waals surface area (Å²) in [5, 5.41) is 15.8. The SMILES string of the molecule is Cc1nn(C)c(C)c1C(=O)N1CC(=O)NCC1C(=O)O. The van der Waals surface area contributed by atoms with Gasteiger partial charge in [0.1, 0.15) is 12.6 Å². The Hall–Kier alpha value is -2.38. The number of amides is 2. The number of carbonyl (C=O) groups excluding carboxylic acids is 2. The highest BCUT2D eigenvalue weighted by Crippen LogP contribution is 2.17. The Labute approximate surface area is 115 Å². The molecule has 1 saturated heterocycles. The van der Waals surface area contributed by atoms with Crippen LogP contribution in [0.5, 0.6) is 0 Å². The van der Waals surface area contributed by atoms with Gasteiger partial charge in [-0.05, 0) is 13.8 Å². The summed E-state index contributed by atoms with van der Waals surface area (Å²) >= 11 is 0. The molecular formula is C12H16N4O4. The highest BCUT2D eigenvalue weighted by molar-refractivity contribution is 6.01. The second-order valence-electron chi connectivity index (χ2n) is 4.76. The Morgan fingerprint density at radius 1 is 1.40 bits per heavy atom. The van der Waals surface area contributed by atoms with Crippen molar-refractivity contribution in [3.05, 3.63) is 17.0 Å². The zero-order valence-electron chi connectivity index (χ0n) is 11.5. The smallest absolute Gasteiger partial charge is 0.328 e. The average molecular weight is 280 g/mol. The van der Waals surface area contributed by atoms with Crippen molar-refractivity contribution in [3.8, 4) is 0 Å². The Balaban J connectivity index is 2.38. The molecule has 1 atom stereocenters. The molecule has 2 rings (SSSR count). The van der Waals surface area contributed by atoms with Crippen molar-refractivity contribution >= 4 is 17.8 Å². The molecule has 0 aromatic carbocycles. The molecule has 8 nitrogen and oxygen atoms in total. The minimum absolute atomic E-state index is 0.0851. The first-order chi connectivity index (χ1) is 9.32. The summed E-state index contributed by atoms with van der Waals surface area (Å²) in [5.74, 6) is -1.98. The van der Waals surface area contributed by atoms with Gasteiger partial charge >= 0.3 is 5.97 Å². The molecule has 0 saturated carbocycles. The third-order valence-electron chi connectivity index (χ3n) is 3.45. The van der Waals surface area contributed by atoms with Crippen LogP contribution < -0.4 is 5.32 Å². The molecule has 1 aromatic heterocycles. The van der Waals surface area contributed by atoms with E-state index in [2.05, 4.69) is 10.4 Å². The van der Waals surface area contributed by atoms with E-state index in [0.717, 1.165) is 4.90 Å². The number of aliphatic carboxylic acids is 1. The molecule has 2 amide bonds. The third kappa shape index (κ3) is 2.24. The zero-order valence-corrected chi connectivity index (χ0v) is 11.5. The molecule has 8 heteroatoms. The number of nitrogens with one attached hydrogen (secondary N) is 1. The fourth-order valence-corrected chi connectivity index (χ4v) is 2.30. The molecule has 2 N–H and O–H groups in total. The summed E-state index contributed by atoms with van der Waals surface area (Å²) in [4.78, 5) is 36.3. The van der Waals surface area contributed by atoms with Crippen molar-refractivity contribution < 1.29 is 19.5 Å². The van der Waals surface area contributed by atoms with E-state index < -0.39 is 17.9 Å². The molecule has 108 valence electrons. The lowest BCUT2D eigenvalue weighted by Crippen LogP contribution is -2.59. The van der Waals surface area contributed by atoms with Crippen LogP contribution in [0, 0.1) is 13.8 Å². The van der Waals surface area contributed by atoms with E-state index in [1.165, 1.54) is 0 Å². The lowest BCUT2D eigenvalue weighted by Gasteiger charge is -2.32. The highest BCUT2D eigenvalue weighted by Gasteiger charge is 2.37. The van der Waals surface area contributed by atoms with Crippen molar-refractivity contribution in [2.45, 2.75) is 19.9 Å². The van der Waals surface area contributed by atoms with Crippen LogP contribution in [-0.4, -0.2) is 56.7 Å². The first kappa shape index (κ1) is 14.0. The maximum absolute atomic E-state index is 12.5. The van der Waals surface area contributed by atoms with Crippen LogP contribution in [0.2, 0.25) is 0 Å². The predicted octanol–water partition coefficient (Wildman–Crippen LogP) is -0.938. The van der Waals surface area contributed by atoms with Crippen LogP contribution in [0.3, 0.4) is 0 Å². The van der Waals surface area contributed by atoms with Gasteiger partial charge in [0.25, 0.3) is 5.91 Å². The summed E-state index contributed by atoms with van der Waals surface area (Å²) in [6, 6.07) is -1.06. The molecule has 0 radical (unpaired) electrons. The van der Waals surface area contributed by atoms with E-state index in [0.29, 0.717) is 17.0 Å². The summed E-state index contributed by atoms with van der Waals surface area (Å²) in [5.41, 5.74) is 1.51. The minimum Gasteiger partial charge on any atom is -0.480 e. The van der Waals surface area contributed by atoms with Gasteiger partial charge < -0.3 is 15.3 Å². The van der Waals surface area contributed by atoms with E-state index in [1.54, 1.807) is 25.6 Å². The Morgan fingerprint density at radius 3 is 2.55 bits per heavy atom. The molecule has 1 aliphatic rings. The van der Waals surface area contributed by atoms with Crippen molar-refractivity contribution in [1.29, 1.82) is 0 Å². The molecule has 1 fully saturated rings. The lowest BCUT2D eigenvalue weighted by atomic mass is 10.1. The van der Waals surface area contributed by atoms with Crippen LogP contribution in [0.1, 0.15) is 21.7 Å². The average Bonchev–Trinajstić information content (AvgIpc) is 2.62.